The lowest BCUT2D eigenvalue weighted by Crippen LogP contribution is -2.57. The Balaban J connectivity index is 3.62. The van der Waals surface area contributed by atoms with E-state index in [-0.39, 0.29) is 12.3 Å². The fourth-order valence-electron chi connectivity index (χ4n) is 2.86. The van der Waals surface area contributed by atoms with Gasteiger partial charge in [0.25, 0.3) is 0 Å². The second-order valence-corrected chi connectivity index (χ2v) is 5.37. The van der Waals surface area contributed by atoms with E-state index in [0.717, 1.165) is 0 Å². The van der Waals surface area contributed by atoms with Crippen LogP contribution in [0.1, 0.15) is 26.7 Å². The van der Waals surface area contributed by atoms with Gasteiger partial charge < -0.3 is 10.2 Å². The zero-order chi connectivity index (χ0) is 14.9. The fourth-order valence-corrected chi connectivity index (χ4v) is 2.86. The highest BCUT2D eigenvalue weighted by Gasteiger charge is 2.66. The van der Waals surface area contributed by atoms with Crippen LogP contribution in [-0.4, -0.2) is 16.0 Å². The van der Waals surface area contributed by atoms with E-state index < -0.39 is 29.0 Å². The molecule has 1 aliphatic rings. The molecule has 0 heterocycles. The minimum atomic E-state index is -2.22. The molecule has 0 aromatic heterocycles. The summed E-state index contributed by atoms with van der Waals surface area (Å²) in [7, 11) is 0. The second-order valence-electron chi connectivity index (χ2n) is 5.37. The van der Waals surface area contributed by atoms with Crippen molar-refractivity contribution in [3.8, 4) is 24.3 Å². The van der Waals surface area contributed by atoms with Gasteiger partial charge in [0.05, 0.1) is 24.3 Å². The molecule has 0 radical (unpaired) electrons. The van der Waals surface area contributed by atoms with Gasteiger partial charge in [-0.1, -0.05) is 13.8 Å². The average Bonchev–Trinajstić information content (AvgIpc) is 2.37. The van der Waals surface area contributed by atoms with Crippen LogP contribution >= 0.6 is 0 Å². The summed E-state index contributed by atoms with van der Waals surface area (Å²) < 4.78 is 0. The van der Waals surface area contributed by atoms with Gasteiger partial charge in [-0.05, 0) is 5.92 Å². The molecular weight excluding hydrogens is 244 g/mol. The first-order chi connectivity index (χ1) is 8.74. The van der Waals surface area contributed by atoms with Crippen LogP contribution in [0.2, 0.25) is 0 Å². The van der Waals surface area contributed by atoms with Gasteiger partial charge in [-0.25, -0.2) is 0 Å². The molecule has 1 rings (SSSR count). The Bertz CT molecular complexity index is 511. The first-order valence-corrected chi connectivity index (χ1v) is 5.84. The number of hydrogen-bond acceptors (Lipinski definition) is 6. The van der Waals surface area contributed by atoms with E-state index in [2.05, 4.69) is 0 Å². The summed E-state index contributed by atoms with van der Waals surface area (Å²) in [5.74, 6) is -3.25. The first kappa shape index (κ1) is 14.9. The summed E-state index contributed by atoms with van der Waals surface area (Å²) in [5, 5.41) is 57.0. The quantitative estimate of drug-likeness (QED) is 0.667. The topological polar surface area (TPSA) is 136 Å². The van der Waals surface area contributed by atoms with Gasteiger partial charge >= 0.3 is 0 Å². The lowest BCUT2D eigenvalue weighted by Gasteiger charge is -2.48. The molecule has 0 unspecified atom stereocenters. The number of aliphatic hydroxyl groups is 2. The number of nitrogens with zero attached hydrogens (tertiary/aromatic N) is 4. The van der Waals surface area contributed by atoms with Gasteiger partial charge in [0.1, 0.15) is 0 Å². The molecule has 98 valence electrons. The highest BCUT2D eigenvalue weighted by Crippen LogP contribution is 2.57. The Morgan fingerprint density at radius 3 is 1.79 bits per heavy atom. The molecule has 1 saturated carbocycles. The smallest absolute Gasteiger partial charge is 0.180 e. The lowest BCUT2D eigenvalue weighted by atomic mass is 9.50. The van der Waals surface area contributed by atoms with Crippen molar-refractivity contribution < 1.29 is 10.2 Å². The molecule has 0 spiro atoms. The maximum absolute atomic E-state index is 9.85. The van der Waals surface area contributed by atoms with Crippen LogP contribution in [0.3, 0.4) is 0 Å². The van der Waals surface area contributed by atoms with E-state index in [1.165, 1.54) is 0 Å². The molecule has 0 saturated heterocycles. The third kappa shape index (κ3) is 1.92. The molecule has 6 heteroatoms. The van der Waals surface area contributed by atoms with Crippen LogP contribution < -0.4 is 0 Å². The fraction of sp³-hybridized carbons (Fsp3) is 0.692. The Morgan fingerprint density at radius 2 is 1.47 bits per heavy atom. The van der Waals surface area contributed by atoms with E-state index >= 15 is 0 Å². The van der Waals surface area contributed by atoms with Crippen LogP contribution in [0.15, 0.2) is 0 Å². The van der Waals surface area contributed by atoms with Crippen LogP contribution in [-0.2, 0) is 0 Å². The predicted octanol–water partition coefficient (Wildman–Crippen LogP) is 0.800. The van der Waals surface area contributed by atoms with Gasteiger partial charge in [0.15, 0.2) is 16.6 Å². The van der Waals surface area contributed by atoms with Crippen molar-refractivity contribution in [3.63, 3.8) is 0 Å². The van der Waals surface area contributed by atoms with Crippen LogP contribution in [0.25, 0.3) is 0 Å². The maximum Gasteiger partial charge on any atom is 0.180 e. The summed E-state index contributed by atoms with van der Waals surface area (Å²) in [5.41, 5.74) is -3.91. The Labute approximate surface area is 111 Å². The minimum Gasteiger partial charge on any atom is -0.366 e. The molecule has 1 fully saturated rings. The van der Waals surface area contributed by atoms with Crippen LogP contribution in [0.5, 0.6) is 0 Å². The summed E-state index contributed by atoms with van der Waals surface area (Å²) in [4.78, 5) is 0. The predicted molar refractivity (Wildman–Crippen MR) is 62.0 cm³/mol. The summed E-state index contributed by atoms with van der Waals surface area (Å²) >= 11 is 0. The zero-order valence-electron chi connectivity index (χ0n) is 10.8. The molecule has 0 aromatic carbocycles. The Kier molecular flexibility index (Phi) is 3.56. The molecule has 0 aliphatic heterocycles. The Morgan fingerprint density at radius 1 is 1.00 bits per heavy atom. The lowest BCUT2D eigenvalue weighted by molar-refractivity contribution is -0.224. The number of nitriles is 4. The van der Waals surface area contributed by atoms with E-state index in [0.29, 0.717) is 0 Å². The average molecular weight is 258 g/mol. The number of rotatable bonds is 1. The zero-order valence-corrected chi connectivity index (χ0v) is 10.8. The maximum atomic E-state index is 9.85. The van der Waals surface area contributed by atoms with Gasteiger partial charge in [-0.3, -0.25) is 0 Å². The summed E-state index contributed by atoms with van der Waals surface area (Å²) in [6, 6.07) is 6.95. The molecule has 0 amide bonds. The van der Waals surface area contributed by atoms with E-state index in [1.807, 2.05) is 0 Å². The highest BCUT2D eigenvalue weighted by atomic mass is 16.5. The van der Waals surface area contributed by atoms with Crippen molar-refractivity contribution in [2.75, 3.05) is 0 Å². The third-order valence-corrected chi connectivity index (χ3v) is 3.86. The van der Waals surface area contributed by atoms with Gasteiger partial charge in [0, 0.05) is 18.8 Å². The number of hydrogen-bond donors (Lipinski definition) is 2. The minimum absolute atomic E-state index is 0.211. The van der Waals surface area contributed by atoms with Crippen LogP contribution in [0, 0.1) is 68.0 Å². The molecule has 1 aliphatic carbocycles. The Hall–Kier alpha value is -2.12. The molecule has 6 nitrogen and oxygen atoms in total. The van der Waals surface area contributed by atoms with Crippen molar-refractivity contribution in [2.45, 2.75) is 32.5 Å². The van der Waals surface area contributed by atoms with Crippen molar-refractivity contribution in [1.29, 1.82) is 21.0 Å². The third-order valence-electron chi connectivity index (χ3n) is 3.86. The van der Waals surface area contributed by atoms with Crippen molar-refractivity contribution in [1.82, 2.24) is 0 Å². The van der Waals surface area contributed by atoms with Crippen LogP contribution in [0.4, 0.5) is 0 Å². The molecule has 0 aromatic rings. The monoisotopic (exact) mass is 258 g/mol. The van der Waals surface area contributed by atoms with E-state index in [4.69, 9.17) is 0 Å². The molecule has 0 bridgehead atoms. The van der Waals surface area contributed by atoms with Crippen molar-refractivity contribution in [3.05, 3.63) is 0 Å². The second kappa shape index (κ2) is 4.52. The van der Waals surface area contributed by atoms with Crippen molar-refractivity contribution >= 4 is 0 Å². The standard InChI is InChI=1S/C13H14N4O2/c1-9(2)10-3-13(18,19)4-11(5-14,6-15)12(10,7-16)8-17/h9-10,18-19H,3-4H2,1-2H3/t10-/m1/s1. The molecule has 19 heavy (non-hydrogen) atoms. The van der Waals surface area contributed by atoms with E-state index in [1.54, 1.807) is 38.1 Å². The summed E-state index contributed by atoms with van der Waals surface area (Å²) in [6.07, 6.45) is -0.839. The first-order valence-electron chi connectivity index (χ1n) is 5.84. The van der Waals surface area contributed by atoms with Gasteiger partial charge in [-0.15, -0.1) is 0 Å². The highest BCUT2D eigenvalue weighted by molar-refractivity contribution is 5.38. The van der Waals surface area contributed by atoms with E-state index in [9.17, 15) is 31.3 Å². The largest absolute Gasteiger partial charge is 0.366 e. The summed E-state index contributed by atoms with van der Waals surface area (Å²) in [6.45, 7) is 3.43. The normalized spacial score (nSPS) is 26.5. The molecule has 2 N–H and O–H groups in total. The molecule has 1 atom stereocenters. The van der Waals surface area contributed by atoms with Crippen molar-refractivity contribution in [2.24, 2.45) is 22.7 Å². The van der Waals surface area contributed by atoms with Gasteiger partial charge in [0.2, 0.25) is 0 Å². The van der Waals surface area contributed by atoms with Gasteiger partial charge in [-0.2, -0.15) is 21.0 Å². The molecular formula is C13H14N4O2. The SMILES string of the molecule is CC(C)[C@H]1CC(O)(O)CC(C#N)(C#N)C1(C#N)C#N.